The van der Waals surface area contributed by atoms with E-state index in [-0.39, 0.29) is 5.97 Å². The third-order valence-corrected chi connectivity index (χ3v) is 5.74. The number of carbonyl (C=O) groups excluding carboxylic acids is 1. The van der Waals surface area contributed by atoms with Crippen molar-refractivity contribution < 1.29 is 9.53 Å². The summed E-state index contributed by atoms with van der Waals surface area (Å²) in [6.45, 7) is 16.5. The summed E-state index contributed by atoms with van der Waals surface area (Å²) in [6, 6.07) is 11.9. The maximum atomic E-state index is 12.4. The van der Waals surface area contributed by atoms with Gasteiger partial charge in [0.25, 0.3) is 0 Å². The first-order valence-electron chi connectivity index (χ1n) is 11.3. The van der Waals surface area contributed by atoms with Crippen LogP contribution in [-0.4, -0.2) is 5.97 Å². The predicted octanol–water partition coefficient (Wildman–Crippen LogP) is 8.18. The smallest absolute Gasteiger partial charge is 0.343 e. The zero-order valence-corrected chi connectivity index (χ0v) is 19.8. The molecule has 0 atom stereocenters. The van der Waals surface area contributed by atoms with Crippen LogP contribution in [0.15, 0.2) is 36.4 Å². The van der Waals surface area contributed by atoms with Gasteiger partial charge in [-0.2, -0.15) is 0 Å². The first kappa shape index (κ1) is 24.9. The van der Waals surface area contributed by atoms with Crippen molar-refractivity contribution in [3.05, 3.63) is 64.2 Å². The van der Waals surface area contributed by atoms with Crippen LogP contribution >= 0.6 is 0 Å². The van der Waals surface area contributed by atoms with E-state index in [0.29, 0.717) is 17.2 Å². The highest BCUT2D eigenvalue weighted by atomic mass is 16.5. The van der Waals surface area contributed by atoms with Crippen LogP contribution in [0.4, 0.5) is 0 Å². The quantitative estimate of drug-likeness (QED) is 0.386. The maximum absolute atomic E-state index is 12.4. The lowest BCUT2D eigenvalue weighted by Crippen LogP contribution is -2.12. The lowest BCUT2D eigenvalue weighted by Gasteiger charge is -2.26. The minimum Gasteiger partial charge on any atom is -0.423 e. The number of benzene rings is 2. The molecule has 160 valence electrons. The fraction of sp³-hybridized carbons (Fsp3) is 0.519. The molecule has 1 saturated carbocycles. The van der Waals surface area contributed by atoms with Gasteiger partial charge < -0.3 is 4.74 Å². The number of rotatable bonds is 3. The van der Waals surface area contributed by atoms with Gasteiger partial charge in [0, 0.05) is 0 Å². The van der Waals surface area contributed by atoms with Gasteiger partial charge in [-0.05, 0) is 92.0 Å². The van der Waals surface area contributed by atoms with Crippen LogP contribution in [-0.2, 0) is 0 Å². The van der Waals surface area contributed by atoms with Gasteiger partial charge in [-0.3, -0.25) is 0 Å². The summed E-state index contributed by atoms with van der Waals surface area (Å²) in [7, 11) is 0. The summed E-state index contributed by atoms with van der Waals surface area (Å²) < 4.78 is 5.58. The molecule has 0 N–H and O–H groups in total. The van der Waals surface area contributed by atoms with E-state index in [1.165, 1.54) is 36.8 Å². The Bertz CT molecular complexity index is 728. The minimum absolute atomic E-state index is 0.286. The molecule has 1 aliphatic rings. The summed E-state index contributed by atoms with van der Waals surface area (Å²) in [5, 5.41) is 0. The molecule has 0 radical (unpaired) electrons. The zero-order chi connectivity index (χ0) is 22.0. The fourth-order valence-corrected chi connectivity index (χ4v) is 3.71. The Balaban J connectivity index is 0.000000989. The Morgan fingerprint density at radius 3 is 1.79 bits per heavy atom. The number of aryl methyl sites for hydroxylation is 2. The second-order valence-corrected chi connectivity index (χ2v) is 7.65. The number of esters is 1. The molecule has 0 aliphatic heterocycles. The van der Waals surface area contributed by atoms with Gasteiger partial charge in [-0.25, -0.2) is 4.79 Å². The molecule has 29 heavy (non-hydrogen) atoms. The van der Waals surface area contributed by atoms with Crippen molar-refractivity contribution in [2.24, 2.45) is 5.92 Å². The maximum Gasteiger partial charge on any atom is 0.343 e. The Hall–Kier alpha value is -2.09. The van der Waals surface area contributed by atoms with Crippen LogP contribution in [0.1, 0.15) is 98.8 Å². The molecule has 2 aromatic carbocycles. The lowest BCUT2D eigenvalue weighted by atomic mass is 9.79. The molecule has 2 aromatic rings. The van der Waals surface area contributed by atoms with Gasteiger partial charge in [0.2, 0.25) is 0 Å². The van der Waals surface area contributed by atoms with E-state index in [2.05, 4.69) is 26.0 Å². The molecular formula is C27H40O2. The van der Waals surface area contributed by atoms with Gasteiger partial charge in [-0.1, -0.05) is 59.6 Å². The topological polar surface area (TPSA) is 26.3 Å². The summed E-state index contributed by atoms with van der Waals surface area (Å²) >= 11 is 0. The van der Waals surface area contributed by atoms with E-state index < -0.39 is 0 Å². The van der Waals surface area contributed by atoms with Gasteiger partial charge in [0.15, 0.2) is 0 Å². The number of carbonyl (C=O) groups is 1. The van der Waals surface area contributed by atoms with Gasteiger partial charge in [-0.15, -0.1) is 0 Å². The number of hydrogen-bond donors (Lipinski definition) is 0. The monoisotopic (exact) mass is 396 g/mol. The molecule has 0 unspecified atom stereocenters. The first-order chi connectivity index (χ1) is 13.9. The second-order valence-electron chi connectivity index (χ2n) is 7.65. The van der Waals surface area contributed by atoms with E-state index >= 15 is 0 Å². The van der Waals surface area contributed by atoms with Crippen molar-refractivity contribution in [1.82, 2.24) is 0 Å². The zero-order valence-electron chi connectivity index (χ0n) is 19.8. The molecule has 0 saturated heterocycles. The standard InChI is InChI=1S/C23H28O2.2C2H6/c1-15-5-7-19(8-6-15)20-9-11-21(12-10-20)23(24)25-22-13-16(2)18(4)17(3)14-22;2*1-2/h9-15,19H,5-8H2,1-4H3;2*1-2H3. The molecule has 3 rings (SSSR count). The van der Waals surface area contributed by atoms with Crippen molar-refractivity contribution in [2.45, 2.75) is 87.0 Å². The predicted molar refractivity (Wildman–Crippen MR) is 125 cm³/mol. The molecule has 1 aliphatic carbocycles. The van der Waals surface area contributed by atoms with Crippen molar-refractivity contribution in [2.75, 3.05) is 0 Å². The molecule has 1 fully saturated rings. The van der Waals surface area contributed by atoms with E-state index in [0.717, 1.165) is 17.0 Å². The van der Waals surface area contributed by atoms with Crippen LogP contribution in [0.5, 0.6) is 5.75 Å². The van der Waals surface area contributed by atoms with Crippen molar-refractivity contribution in [1.29, 1.82) is 0 Å². The highest BCUT2D eigenvalue weighted by Crippen LogP contribution is 2.35. The summed E-state index contributed by atoms with van der Waals surface area (Å²) in [6.07, 6.45) is 5.13. The van der Waals surface area contributed by atoms with Gasteiger partial charge >= 0.3 is 5.97 Å². The SMILES string of the molecule is CC.CC.Cc1cc(OC(=O)c2ccc(C3CCC(C)CC3)cc2)cc(C)c1C. The number of ether oxygens (including phenoxy) is 1. The van der Waals surface area contributed by atoms with Gasteiger partial charge in [0.1, 0.15) is 5.75 Å². The largest absolute Gasteiger partial charge is 0.423 e. The van der Waals surface area contributed by atoms with E-state index in [1.54, 1.807) is 0 Å². The van der Waals surface area contributed by atoms with Gasteiger partial charge in [0.05, 0.1) is 5.56 Å². The van der Waals surface area contributed by atoms with Crippen LogP contribution in [0, 0.1) is 26.7 Å². The fourth-order valence-electron chi connectivity index (χ4n) is 3.71. The van der Waals surface area contributed by atoms with Crippen molar-refractivity contribution in [3.63, 3.8) is 0 Å². The van der Waals surface area contributed by atoms with E-state index in [4.69, 9.17) is 4.74 Å². The summed E-state index contributed by atoms with van der Waals surface area (Å²) in [5.41, 5.74) is 5.49. The van der Waals surface area contributed by atoms with Crippen molar-refractivity contribution in [3.8, 4) is 5.75 Å². The summed E-state index contributed by atoms with van der Waals surface area (Å²) in [4.78, 5) is 12.4. The highest BCUT2D eigenvalue weighted by Gasteiger charge is 2.20. The van der Waals surface area contributed by atoms with Crippen LogP contribution in [0.3, 0.4) is 0 Å². The summed E-state index contributed by atoms with van der Waals surface area (Å²) in [5.74, 6) is 1.83. The lowest BCUT2D eigenvalue weighted by molar-refractivity contribution is 0.0734. The Morgan fingerprint density at radius 2 is 1.31 bits per heavy atom. The van der Waals surface area contributed by atoms with E-state index in [1.807, 2.05) is 65.8 Å². The Labute approximate surface area is 178 Å². The molecule has 0 heterocycles. The average Bonchev–Trinajstić information content (AvgIpc) is 2.75. The average molecular weight is 397 g/mol. The van der Waals surface area contributed by atoms with Crippen LogP contribution in [0.25, 0.3) is 0 Å². The third-order valence-electron chi connectivity index (χ3n) is 5.74. The number of hydrogen-bond acceptors (Lipinski definition) is 2. The van der Waals surface area contributed by atoms with Crippen LogP contribution in [0.2, 0.25) is 0 Å². The Morgan fingerprint density at radius 1 is 0.828 bits per heavy atom. The molecular weight excluding hydrogens is 356 g/mol. The third kappa shape index (κ3) is 7.03. The van der Waals surface area contributed by atoms with Crippen molar-refractivity contribution >= 4 is 5.97 Å². The minimum atomic E-state index is -0.286. The van der Waals surface area contributed by atoms with Crippen LogP contribution < -0.4 is 4.74 Å². The molecule has 0 bridgehead atoms. The molecule has 2 nitrogen and oxygen atoms in total. The molecule has 0 spiro atoms. The van der Waals surface area contributed by atoms with E-state index in [9.17, 15) is 4.79 Å². The normalized spacial score (nSPS) is 17.9. The Kier molecular flexibility index (Phi) is 10.7. The molecule has 0 aromatic heterocycles. The highest BCUT2D eigenvalue weighted by molar-refractivity contribution is 5.91. The molecule has 0 amide bonds. The first-order valence-corrected chi connectivity index (χ1v) is 11.3. The molecule has 2 heteroatoms. The second kappa shape index (κ2) is 12.5.